The molecule has 2 heterocycles. The molecule has 0 bridgehead atoms. The van der Waals surface area contributed by atoms with Crippen LogP contribution >= 0.6 is 11.3 Å². The second kappa shape index (κ2) is 5.16. The predicted molar refractivity (Wildman–Crippen MR) is 78.5 cm³/mol. The van der Waals surface area contributed by atoms with Gasteiger partial charge < -0.3 is 4.90 Å². The molecule has 1 unspecified atom stereocenters. The quantitative estimate of drug-likeness (QED) is 0.794. The molecular weight excluding hydrogens is 252 g/mol. The summed E-state index contributed by atoms with van der Waals surface area (Å²) >= 11 is 1.67. The molecule has 0 fully saturated rings. The lowest BCUT2D eigenvalue weighted by atomic mass is 9.95. The second-order valence-electron chi connectivity index (χ2n) is 5.09. The van der Waals surface area contributed by atoms with Crippen LogP contribution in [0.3, 0.4) is 0 Å². The van der Waals surface area contributed by atoms with E-state index in [1.807, 2.05) is 0 Å². The molecule has 96 valence electrons. The normalized spacial score (nSPS) is 19.5. The SMILES string of the molecule is CN1CCc2cc(C#N)sc2C(c2ccccc2)C1. The van der Waals surface area contributed by atoms with Gasteiger partial charge in [-0.3, -0.25) is 0 Å². The van der Waals surface area contributed by atoms with Gasteiger partial charge >= 0.3 is 0 Å². The molecule has 0 aliphatic carbocycles. The maximum Gasteiger partial charge on any atom is 0.110 e. The number of nitriles is 1. The fraction of sp³-hybridized carbons (Fsp3) is 0.312. The third kappa shape index (κ3) is 2.42. The second-order valence-corrected chi connectivity index (χ2v) is 6.17. The summed E-state index contributed by atoms with van der Waals surface area (Å²) in [6.45, 7) is 2.10. The Morgan fingerprint density at radius 2 is 2.11 bits per heavy atom. The summed E-state index contributed by atoms with van der Waals surface area (Å²) < 4.78 is 0. The van der Waals surface area contributed by atoms with Gasteiger partial charge in [-0.2, -0.15) is 5.26 Å². The Morgan fingerprint density at radius 1 is 1.32 bits per heavy atom. The summed E-state index contributed by atoms with van der Waals surface area (Å²) in [5.74, 6) is 0.399. The van der Waals surface area contributed by atoms with Gasteiger partial charge in [0.15, 0.2) is 0 Å². The standard InChI is InChI=1S/C16H16N2S/c1-18-8-7-13-9-14(10-17)19-16(13)15(11-18)12-5-3-2-4-6-12/h2-6,9,15H,7-8,11H2,1H3. The molecule has 0 N–H and O–H groups in total. The monoisotopic (exact) mass is 268 g/mol. The van der Waals surface area contributed by atoms with E-state index >= 15 is 0 Å². The minimum atomic E-state index is 0.399. The first-order chi connectivity index (χ1) is 9.28. The fourth-order valence-corrected chi connectivity index (χ4v) is 3.86. The van der Waals surface area contributed by atoms with Crippen LogP contribution in [0.15, 0.2) is 36.4 Å². The van der Waals surface area contributed by atoms with Gasteiger partial charge in [0.1, 0.15) is 10.9 Å². The van der Waals surface area contributed by atoms with E-state index in [1.165, 1.54) is 16.0 Å². The zero-order valence-corrected chi connectivity index (χ0v) is 11.8. The topological polar surface area (TPSA) is 27.0 Å². The van der Waals surface area contributed by atoms with E-state index in [9.17, 15) is 0 Å². The first-order valence-electron chi connectivity index (χ1n) is 6.54. The van der Waals surface area contributed by atoms with E-state index in [-0.39, 0.29) is 0 Å². The van der Waals surface area contributed by atoms with Crippen molar-refractivity contribution in [3.05, 3.63) is 57.3 Å². The molecule has 1 aromatic heterocycles. The molecule has 0 saturated heterocycles. The van der Waals surface area contributed by atoms with Crippen LogP contribution < -0.4 is 0 Å². The molecule has 0 spiro atoms. The highest BCUT2D eigenvalue weighted by Crippen LogP contribution is 2.36. The van der Waals surface area contributed by atoms with E-state index in [0.717, 1.165) is 24.4 Å². The number of hydrogen-bond acceptors (Lipinski definition) is 3. The van der Waals surface area contributed by atoms with E-state index < -0.39 is 0 Å². The van der Waals surface area contributed by atoms with Crippen LogP contribution in [0.25, 0.3) is 0 Å². The molecule has 19 heavy (non-hydrogen) atoms. The van der Waals surface area contributed by atoms with Crippen molar-refractivity contribution in [1.82, 2.24) is 4.90 Å². The van der Waals surface area contributed by atoms with Crippen molar-refractivity contribution in [2.24, 2.45) is 0 Å². The van der Waals surface area contributed by atoms with Crippen molar-refractivity contribution >= 4 is 11.3 Å². The molecule has 0 saturated carbocycles. The van der Waals surface area contributed by atoms with Crippen LogP contribution in [0.5, 0.6) is 0 Å². The minimum absolute atomic E-state index is 0.399. The number of hydrogen-bond donors (Lipinski definition) is 0. The molecule has 1 atom stereocenters. The highest BCUT2D eigenvalue weighted by molar-refractivity contribution is 7.12. The van der Waals surface area contributed by atoms with Crippen LogP contribution in [-0.2, 0) is 6.42 Å². The highest BCUT2D eigenvalue weighted by Gasteiger charge is 2.25. The van der Waals surface area contributed by atoms with E-state index in [4.69, 9.17) is 5.26 Å². The van der Waals surface area contributed by atoms with Crippen molar-refractivity contribution in [2.75, 3.05) is 20.1 Å². The Morgan fingerprint density at radius 3 is 2.84 bits per heavy atom. The van der Waals surface area contributed by atoms with Gasteiger partial charge in [-0.15, -0.1) is 11.3 Å². The molecule has 2 nitrogen and oxygen atoms in total. The first-order valence-corrected chi connectivity index (χ1v) is 7.36. The summed E-state index contributed by atoms with van der Waals surface area (Å²) in [5.41, 5.74) is 2.71. The third-order valence-electron chi connectivity index (χ3n) is 3.73. The lowest BCUT2D eigenvalue weighted by molar-refractivity contribution is 0.338. The summed E-state index contributed by atoms with van der Waals surface area (Å²) in [7, 11) is 2.18. The Balaban J connectivity index is 2.07. The maximum absolute atomic E-state index is 9.12. The summed E-state index contributed by atoms with van der Waals surface area (Å²) in [4.78, 5) is 4.61. The average Bonchev–Trinajstić information content (AvgIpc) is 2.80. The van der Waals surface area contributed by atoms with Crippen LogP contribution in [-0.4, -0.2) is 25.0 Å². The van der Waals surface area contributed by atoms with Crippen LogP contribution in [0, 0.1) is 11.3 Å². The van der Waals surface area contributed by atoms with Crippen molar-refractivity contribution in [3.8, 4) is 6.07 Å². The number of likely N-dealkylation sites (N-methyl/N-ethyl adjacent to an activating group) is 1. The third-order valence-corrected chi connectivity index (χ3v) is 4.92. The van der Waals surface area contributed by atoms with Gasteiger partial charge in [-0.25, -0.2) is 0 Å². The number of thiophene rings is 1. The van der Waals surface area contributed by atoms with Crippen LogP contribution in [0.1, 0.15) is 26.8 Å². The zero-order valence-electron chi connectivity index (χ0n) is 11.0. The molecule has 0 radical (unpaired) electrons. The lowest BCUT2D eigenvalue weighted by Gasteiger charge is -2.20. The largest absolute Gasteiger partial charge is 0.305 e. The summed E-state index contributed by atoms with van der Waals surface area (Å²) in [5, 5.41) is 9.12. The smallest absolute Gasteiger partial charge is 0.110 e. The van der Waals surface area contributed by atoms with E-state index in [1.54, 1.807) is 11.3 Å². The lowest BCUT2D eigenvalue weighted by Crippen LogP contribution is -2.24. The van der Waals surface area contributed by atoms with Crippen LogP contribution in [0.2, 0.25) is 0 Å². The maximum atomic E-state index is 9.12. The Hall–Kier alpha value is -1.63. The summed E-state index contributed by atoms with van der Waals surface area (Å²) in [6.07, 6.45) is 1.05. The van der Waals surface area contributed by atoms with Crippen molar-refractivity contribution < 1.29 is 0 Å². The van der Waals surface area contributed by atoms with Crippen molar-refractivity contribution in [1.29, 1.82) is 5.26 Å². The van der Waals surface area contributed by atoms with E-state index in [2.05, 4.69) is 54.4 Å². The molecular formula is C16H16N2S. The molecule has 3 rings (SSSR count). The molecule has 2 aromatic rings. The van der Waals surface area contributed by atoms with Crippen LogP contribution in [0.4, 0.5) is 0 Å². The fourth-order valence-electron chi connectivity index (χ4n) is 2.73. The molecule has 1 aromatic carbocycles. The summed E-state index contributed by atoms with van der Waals surface area (Å²) in [6, 6.07) is 15.0. The average molecular weight is 268 g/mol. The zero-order chi connectivity index (χ0) is 13.2. The minimum Gasteiger partial charge on any atom is -0.305 e. The molecule has 0 amide bonds. The molecule has 3 heteroatoms. The van der Waals surface area contributed by atoms with E-state index in [0.29, 0.717) is 5.92 Å². The van der Waals surface area contributed by atoms with Crippen molar-refractivity contribution in [3.63, 3.8) is 0 Å². The molecule has 1 aliphatic heterocycles. The molecule has 1 aliphatic rings. The van der Waals surface area contributed by atoms with Gasteiger partial charge in [0.25, 0.3) is 0 Å². The number of rotatable bonds is 1. The highest BCUT2D eigenvalue weighted by atomic mass is 32.1. The van der Waals surface area contributed by atoms with Crippen molar-refractivity contribution in [2.45, 2.75) is 12.3 Å². The number of fused-ring (bicyclic) bond motifs is 1. The van der Waals surface area contributed by atoms with Gasteiger partial charge in [-0.1, -0.05) is 30.3 Å². The first kappa shape index (κ1) is 12.4. The Kier molecular flexibility index (Phi) is 3.37. The van der Waals surface area contributed by atoms with Gasteiger partial charge in [0, 0.05) is 23.9 Å². The Bertz CT molecular complexity index is 609. The number of benzene rings is 1. The van der Waals surface area contributed by atoms with Gasteiger partial charge in [0.2, 0.25) is 0 Å². The van der Waals surface area contributed by atoms with Gasteiger partial charge in [0.05, 0.1) is 0 Å². The van der Waals surface area contributed by atoms with Gasteiger partial charge in [-0.05, 0) is 30.7 Å². The number of nitrogens with zero attached hydrogens (tertiary/aromatic N) is 2. The Labute approximate surface area is 117 Å². The predicted octanol–water partition coefficient (Wildman–Crippen LogP) is 3.24.